The van der Waals surface area contributed by atoms with Gasteiger partial charge in [0.2, 0.25) is 0 Å². The summed E-state index contributed by atoms with van der Waals surface area (Å²) < 4.78 is 11.3. The molecule has 3 N–H and O–H groups in total. The second kappa shape index (κ2) is 7.17. The van der Waals surface area contributed by atoms with E-state index in [0.29, 0.717) is 39.5 Å². The van der Waals surface area contributed by atoms with Crippen LogP contribution >= 0.6 is 15.9 Å². The van der Waals surface area contributed by atoms with E-state index in [1.165, 1.54) is 7.11 Å². The van der Waals surface area contributed by atoms with Crippen molar-refractivity contribution in [3.05, 3.63) is 46.4 Å². The van der Waals surface area contributed by atoms with Gasteiger partial charge in [0.25, 0.3) is 5.91 Å². The number of ether oxygens (including phenoxy) is 2. The van der Waals surface area contributed by atoms with Gasteiger partial charge < -0.3 is 20.5 Å². The number of carbonyl (C=O) groups is 1. The highest BCUT2D eigenvalue weighted by Gasteiger charge is 2.14. The summed E-state index contributed by atoms with van der Waals surface area (Å²) in [7, 11) is 1.52. The predicted octanol–water partition coefficient (Wildman–Crippen LogP) is 3.69. The van der Waals surface area contributed by atoms with Crippen LogP contribution in [0.2, 0.25) is 0 Å². The minimum absolute atomic E-state index is 0.259. The molecule has 0 unspecified atom stereocenters. The van der Waals surface area contributed by atoms with Crippen LogP contribution in [0.4, 0.5) is 11.4 Å². The first-order valence-corrected chi connectivity index (χ1v) is 7.51. The lowest BCUT2D eigenvalue weighted by molar-refractivity contribution is 0.102. The van der Waals surface area contributed by atoms with Crippen LogP contribution in [0.25, 0.3) is 0 Å². The lowest BCUT2D eigenvalue weighted by atomic mass is 10.2. The molecule has 2 rings (SSSR count). The molecule has 0 aliphatic carbocycles. The van der Waals surface area contributed by atoms with E-state index in [4.69, 9.17) is 15.2 Å². The van der Waals surface area contributed by atoms with Gasteiger partial charge in [-0.25, -0.2) is 0 Å². The highest BCUT2D eigenvalue weighted by Crippen LogP contribution is 2.35. The molecule has 116 valence electrons. The third-order valence-corrected chi connectivity index (χ3v) is 3.57. The minimum Gasteiger partial charge on any atom is -0.494 e. The topological polar surface area (TPSA) is 73.6 Å². The molecule has 0 radical (unpaired) electrons. The number of nitrogens with two attached hydrogens (primary N) is 1. The maximum Gasteiger partial charge on any atom is 0.255 e. The number of rotatable bonds is 5. The molecule has 0 atom stereocenters. The number of nitrogen functional groups attached to an aromatic ring is 1. The summed E-state index contributed by atoms with van der Waals surface area (Å²) in [6, 6.07) is 10.3. The van der Waals surface area contributed by atoms with Gasteiger partial charge in [0, 0.05) is 21.8 Å². The summed E-state index contributed by atoms with van der Waals surface area (Å²) in [4.78, 5) is 12.4. The van der Waals surface area contributed by atoms with Gasteiger partial charge in [-0.05, 0) is 47.1 Å². The van der Waals surface area contributed by atoms with Crippen molar-refractivity contribution in [2.75, 3.05) is 24.8 Å². The van der Waals surface area contributed by atoms with Gasteiger partial charge in [0.15, 0.2) is 0 Å². The largest absolute Gasteiger partial charge is 0.494 e. The summed E-state index contributed by atoms with van der Waals surface area (Å²) >= 11 is 3.38. The Morgan fingerprint density at radius 1 is 1.32 bits per heavy atom. The average molecular weight is 365 g/mol. The van der Waals surface area contributed by atoms with Gasteiger partial charge >= 0.3 is 0 Å². The molecular weight excluding hydrogens is 348 g/mol. The second-order valence-corrected chi connectivity index (χ2v) is 5.35. The number of methoxy groups -OCH3 is 1. The first-order chi connectivity index (χ1) is 10.5. The van der Waals surface area contributed by atoms with E-state index >= 15 is 0 Å². The van der Waals surface area contributed by atoms with Crippen molar-refractivity contribution >= 4 is 33.2 Å². The number of hydrogen-bond donors (Lipinski definition) is 2. The molecule has 0 fully saturated rings. The van der Waals surface area contributed by atoms with Gasteiger partial charge in [-0.3, -0.25) is 4.79 Å². The number of halogens is 1. The highest BCUT2D eigenvalue weighted by atomic mass is 79.9. The van der Waals surface area contributed by atoms with Gasteiger partial charge in [-0.15, -0.1) is 0 Å². The van der Waals surface area contributed by atoms with Gasteiger partial charge in [0.05, 0.1) is 19.4 Å². The van der Waals surface area contributed by atoms with Crippen molar-refractivity contribution in [3.8, 4) is 11.5 Å². The molecule has 0 aliphatic heterocycles. The fourth-order valence-corrected chi connectivity index (χ4v) is 2.52. The smallest absolute Gasteiger partial charge is 0.255 e. The van der Waals surface area contributed by atoms with E-state index in [1.807, 2.05) is 6.92 Å². The van der Waals surface area contributed by atoms with Crippen LogP contribution < -0.4 is 20.5 Å². The van der Waals surface area contributed by atoms with Crippen molar-refractivity contribution in [3.63, 3.8) is 0 Å². The van der Waals surface area contributed by atoms with Crippen molar-refractivity contribution in [1.29, 1.82) is 0 Å². The summed E-state index contributed by atoms with van der Waals surface area (Å²) in [5.41, 5.74) is 7.33. The lowest BCUT2D eigenvalue weighted by Gasteiger charge is -2.13. The molecule has 2 aromatic rings. The van der Waals surface area contributed by atoms with Gasteiger partial charge in [0.1, 0.15) is 11.5 Å². The Hall–Kier alpha value is -2.21. The van der Waals surface area contributed by atoms with E-state index in [0.717, 1.165) is 0 Å². The summed E-state index contributed by atoms with van der Waals surface area (Å²) in [5, 5.41) is 2.82. The minimum atomic E-state index is -0.259. The molecule has 22 heavy (non-hydrogen) atoms. The van der Waals surface area contributed by atoms with Gasteiger partial charge in [-0.2, -0.15) is 0 Å². The van der Waals surface area contributed by atoms with E-state index in [2.05, 4.69) is 21.2 Å². The van der Waals surface area contributed by atoms with E-state index in [1.54, 1.807) is 36.4 Å². The fourth-order valence-electron chi connectivity index (χ4n) is 1.96. The van der Waals surface area contributed by atoms with Crippen molar-refractivity contribution in [2.45, 2.75) is 6.92 Å². The van der Waals surface area contributed by atoms with Crippen molar-refractivity contribution in [1.82, 2.24) is 0 Å². The Morgan fingerprint density at radius 2 is 2.09 bits per heavy atom. The molecule has 0 heterocycles. The molecule has 0 bridgehead atoms. The number of amides is 1. The molecule has 5 nitrogen and oxygen atoms in total. The van der Waals surface area contributed by atoms with E-state index in [-0.39, 0.29) is 5.91 Å². The molecule has 2 aromatic carbocycles. The molecule has 0 saturated heterocycles. The Balaban J connectivity index is 2.27. The highest BCUT2D eigenvalue weighted by molar-refractivity contribution is 9.10. The van der Waals surface area contributed by atoms with Gasteiger partial charge in [-0.1, -0.05) is 6.07 Å². The van der Waals surface area contributed by atoms with Crippen LogP contribution in [0.15, 0.2) is 40.9 Å². The fraction of sp³-hybridized carbons (Fsp3) is 0.188. The lowest BCUT2D eigenvalue weighted by Crippen LogP contribution is -2.13. The summed E-state index contributed by atoms with van der Waals surface area (Å²) in [5.74, 6) is 0.880. The Bertz CT molecular complexity index is 689. The van der Waals surface area contributed by atoms with E-state index < -0.39 is 0 Å². The monoisotopic (exact) mass is 364 g/mol. The van der Waals surface area contributed by atoms with E-state index in [9.17, 15) is 4.79 Å². The summed E-state index contributed by atoms with van der Waals surface area (Å²) in [6.07, 6.45) is 0. The summed E-state index contributed by atoms with van der Waals surface area (Å²) in [6.45, 7) is 2.44. The number of hydrogen-bond acceptors (Lipinski definition) is 4. The van der Waals surface area contributed by atoms with Crippen LogP contribution in [0.3, 0.4) is 0 Å². The Kier molecular flexibility index (Phi) is 5.27. The van der Waals surface area contributed by atoms with Crippen LogP contribution in [0.1, 0.15) is 17.3 Å². The third kappa shape index (κ3) is 3.71. The predicted molar refractivity (Wildman–Crippen MR) is 90.7 cm³/mol. The average Bonchev–Trinajstić information content (AvgIpc) is 2.50. The molecule has 0 saturated carbocycles. The second-order valence-electron chi connectivity index (χ2n) is 4.49. The van der Waals surface area contributed by atoms with Crippen molar-refractivity contribution < 1.29 is 14.3 Å². The number of carbonyl (C=O) groups excluding carboxylic acids is 1. The quantitative estimate of drug-likeness (QED) is 0.793. The first kappa shape index (κ1) is 16.2. The van der Waals surface area contributed by atoms with Crippen molar-refractivity contribution in [2.24, 2.45) is 0 Å². The number of benzene rings is 2. The van der Waals surface area contributed by atoms with Crippen LogP contribution in [-0.4, -0.2) is 19.6 Å². The molecule has 6 heteroatoms. The zero-order valence-corrected chi connectivity index (χ0v) is 13.9. The Morgan fingerprint density at radius 3 is 2.77 bits per heavy atom. The maximum absolute atomic E-state index is 12.4. The molecule has 0 spiro atoms. The van der Waals surface area contributed by atoms with Crippen LogP contribution in [-0.2, 0) is 0 Å². The standard InChI is InChI=1S/C16H17BrN2O3/c1-3-22-12-6-4-5-10(7-12)16(20)19-15-13(17)8-11(18)9-14(15)21-2/h4-9H,3,18H2,1-2H3,(H,19,20). The number of nitrogens with one attached hydrogen (secondary N) is 1. The van der Waals surface area contributed by atoms with Crippen LogP contribution in [0.5, 0.6) is 11.5 Å². The normalized spacial score (nSPS) is 10.1. The van der Waals surface area contributed by atoms with Crippen LogP contribution in [0, 0.1) is 0 Å². The number of anilines is 2. The maximum atomic E-state index is 12.4. The molecule has 0 aromatic heterocycles. The first-order valence-electron chi connectivity index (χ1n) is 6.72. The molecule has 1 amide bonds. The molecule has 0 aliphatic rings. The SMILES string of the molecule is CCOc1cccc(C(=O)Nc2c(Br)cc(N)cc2OC)c1. The zero-order chi connectivity index (χ0) is 16.1. The third-order valence-electron chi connectivity index (χ3n) is 2.94. The Labute approximate surface area is 137 Å². The molecular formula is C16H17BrN2O3. The zero-order valence-electron chi connectivity index (χ0n) is 12.4.